The first-order chi connectivity index (χ1) is 15.1. The van der Waals surface area contributed by atoms with Crippen LogP contribution >= 0.6 is 25.5 Å². The molecule has 0 spiro atoms. The minimum absolute atomic E-state index is 0. The smallest absolute Gasteiger partial charge is 0.478 e. The Bertz CT molecular complexity index is 818. The van der Waals surface area contributed by atoms with Crippen LogP contribution in [0.15, 0.2) is 12.1 Å². The van der Waals surface area contributed by atoms with Gasteiger partial charge >= 0.3 is 15.6 Å². The van der Waals surface area contributed by atoms with Crippen molar-refractivity contribution in [2.75, 3.05) is 26.4 Å². The van der Waals surface area contributed by atoms with E-state index in [2.05, 4.69) is 58.0 Å². The molecule has 0 saturated carbocycles. The summed E-state index contributed by atoms with van der Waals surface area (Å²) in [4.78, 5) is 31.0. The monoisotopic (exact) mass is 565 g/mol. The molecule has 1 aromatic carbocycles. The van der Waals surface area contributed by atoms with Crippen molar-refractivity contribution < 1.29 is 53.1 Å². The summed E-state index contributed by atoms with van der Waals surface area (Å²) in [6.45, 7) is 12.1. The molecule has 0 amide bonds. The Labute approximate surface area is 210 Å². The highest BCUT2D eigenvalue weighted by Gasteiger charge is 2.33. The lowest BCUT2D eigenvalue weighted by molar-refractivity contribution is -0.0265. The summed E-state index contributed by atoms with van der Waals surface area (Å²) in [7, 11) is -10.1. The second-order valence-electron chi connectivity index (χ2n) is 10.1. The number of aliphatic hydroxyl groups is 3. The Kier molecular flexibility index (Phi) is 14.6. The summed E-state index contributed by atoms with van der Waals surface area (Å²) in [5.41, 5.74) is 7.59. The molecule has 0 saturated heterocycles. The first-order valence-corrected chi connectivity index (χ1v) is 13.4. The average Bonchev–Trinajstić information content (AvgIpc) is 2.65. The molecule has 1 rings (SSSR count). The average molecular weight is 565 g/mol. The number of ether oxygens (including phenoxy) is 1. The van der Waals surface area contributed by atoms with Gasteiger partial charge in [0.25, 0.3) is 0 Å². The predicted molar refractivity (Wildman–Crippen MR) is 137 cm³/mol. The van der Waals surface area contributed by atoms with Crippen LogP contribution in [0.3, 0.4) is 0 Å². The minimum atomic E-state index is -5.05. The van der Waals surface area contributed by atoms with Crippen LogP contribution in [0.5, 0.6) is 5.75 Å². The molecule has 1 aromatic rings. The van der Waals surface area contributed by atoms with Crippen LogP contribution < -0.4 is 10.5 Å². The molecule has 0 heterocycles. The molecule has 0 radical (unpaired) electrons. The number of nitrogens with two attached hydrogens (primary N) is 1. The fraction of sp³-hybridized carbons (Fsp3) is 0.700. The fourth-order valence-corrected chi connectivity index (χ4v) is 3.84. The third-order valence-corrected chi connectivity index (χ3v) is 6.44. The van der Waals surface area contributed by atoms with E-state index in [0.29, 0.717) is 6.54 Å². The lowest BCUT2D eigenvalue weighted by atomic mass is 9.78. The molecular formula is C20H42NO11P3. The Hall–Kier alpha value is -0.450. The van der Waals surface area contributed by atoms with Crippen molar-refractivity contribution in [1.29, 1.82) is 0 Å². The Balaban J connectivity index is 0. The van der Waals surface area contributed by atoms with E-state index < -0.39 is 21.1 Å². The van der Waals surface area contributed by atoms with Crippen molar-refractivity contribution in [1.82, 2.24) is 0 Å². The summed E-state index contributed by atoms with van der Waals surface area (Å²) in [5.74, 6) is 0.747. The topological polar surface area (TPSA) is 220 Å². The Morgan fingerprint density at radius 2 is 1.14 bits per heavy atom. The van der Waals surface area contributed by atoms with Gasteiger partial charge in [-0.2, -0.15) is 14.2 Å². The first-order valence-electron chi connectivity index (χ1n) is 10.3. The fourth-order valence-electron chi connectivity index (χ4n) is 2.73. The van der Waals surface area contributed by atoms with E-state index in [1.165, 1.54) is 0 Å². The second-order valence-corrected chi connectivity index (χ2v) is 12.7. The van der Waals surface area contributed by atoms with Crippen LogP contribution in [-0.4, -0.2) is 61.3 Å². The summed E-state index contributed by atoms with van der Waals surface area (Å²) < 4.78 is 28.4. The van der Waals surface area contributed by atoms with Gasteiger partial charge in [0.1, 0.15) is 12.4 Å². The van der Waals surface area contributed by atoms with E-state index in [4.69, 9.17) is 30.0 Å². The van der Waals surface area contributed by atoms with Gasteiger partial charge in [-0.25, -0.2) is 9.13 Å². The van der Waals surface area contributed by atoms with Crippen LogP contribution in [0.25, 0.3) is 0 Å². The predicted octanol–water partition coefficient (Wildman–Crippen LogP) is 1.33. The van der Waals surface area contributed by atoms with Crippen molar-refractivity contribution >= 4 is 25.5 Å². The lowest BCUT2D eigenvalue weighted by Crippen LogP contribution is -2.40. The number of rotatable bonds is 9. The van der Waals surface area contributed by atoms with Gasteiger partial charge in [0.2, 0.25) is 0 Å². The van der Waals surface area contributed by atoms with Gasteiger partial charge in [0.15, 0.2) is 0 Å². The van der Waals surface area contributed by atoms with Crippen molar-refractivity contribution in [2.24, 2.45) is 11.1 Å². The van der Waals surface area contributed by atoms with E-state index >= 15 is 0 Å². The summed E-state index contributed by atoms with van der Waals surface area (Å²) >= 11 is 0. The standard InChI is InChI=1S/C20H35NO4.H4O7P2.H3P/c1-18(2,3)15-7-14(9-21)8-16(19(4,5)6)17(15)25-13-20(10-22,11-23)12-24;1-8(2,3)7-9(4,5)6;/h7-8,22-24H,9-13,21H2,1-6H3;(H2,1,2,3)(H2,4,5,6);1H3. The van der Waals surface area contributed by atoms with Crippen molar-refractivity contribution in [3.05, 3.63) is 28.8 Å². The minimum Gasteiger partial charge on any atom is -0.492 e. The molecule has 0 aliphatic carbocycles. The highest BCUT2D eigenvalue weighted by molar-refractivity contribution is 7.60. The Morgan fingerprint density at radius 3 is 1.34 bits per heavy atom. The van der Waals surface area contributed by atoms with Crippen LogP contribution in [0.4, 0.5) is 0 Å². The SMILES string of the molecule is CC(C)(C)c1cc(CN)cc(C(C)(C)C)c1OCC(CO)(CO)CO.O=P(O)(O)OP(=O)(O)O.P. The van der Waals surface area contributed by atoms with Gasteiger partial charge < -0.3 is 45.4 Å². The molecule has 9 N–H and O–H groups in total. The maximum atomic E-state index is 9.63. The zero-order valence-corrected chi connectivity index (χ0v) is 24.3. The molecule has 0 aliphatic heterocycles. The largest absolute Gasteiger partial charge is 0.492 e. The number of hydrogen-bond acceptors (Lipinski definition) is 8. The molecule has 15 heteroatoms. The van der Waals surface area contributed by atoms with Crippen molar-refractivity contribution in [3.63, 3.8) is 0 Å². The zero-order valence-electron chi connectivity index (χ0n) is 21.1. The lowest BCUT2D eigenvalue weighted by Gasteiger charge is -2.33. The van der Waals surface area contributed by atoms with Crippen LogP contribution in [0.2, 0.25) is 0 Å². The molecule has 0 bridgehead atoms. The van der Waals surface area contributed by atoms with Crippen molar-refractivity contribution in [3.8, 4) is 5.75 Å². The normalized spacial score (nSPS) is 13.0. The zero-order chi connectivity index (χ0) is 27.2. The van der Waals surface area contributed by atoms with Gasteiger partial charge in [-0.1, -0.05) is 53.7 Å². The van der Waals surface area contributed by atoms with Crippen LogP contribution in [0, 0.1) is 5.41 Å². The summed E-state index contributed by atoms with van der Waals surface area (Å²) in [5, 5.41) is 28.7. The second kappa shape index (κ2) is 13.9. The van der Waals surface area contributed by atoms with Gasteiger partial charge in [-0.3, -0.25) is 0 Å². The third kappa shape index (κ3) is 13.1. The molecule has 1 unspecified atom stereocenters. The van der Waals surface area contributed by atoms with E-state index in [-0.39, 0.29) is 47.2 Å². The highest BCUT2D eigenvalue weighted by Crippen LogP contribution is 2.53. The van der Waals surface area contributed by atoms with Gasteiger partial charge in [0, 0.05) is 17.7 Å². The number of hydrogen-bond donors (Lipinski definition) is 8. The molecule has 35 heavy (non-hydrogen) atoms. The quantitative estimate of drug-likeness (QED) is 0.199. The maximum Gasteiger partial charge on any atom is 0.478 e. The molecule has 208 valence electrons. The third-order valence-electron chi connectivity index (χ3n) is 4.74. The number of benzene rings is 1. The van der Waals surface area contributed by atoms with E-state index in [1.807, 2.05) is 0 Å². The molecule has 0 aromatic heterocycles. The highest BCUT2D eigenvalue weighted by atomic mass is 31.3. The first kappa shape index (κ1) is 36.7. The van der Waals surface area contributed by atoms with Crippen LogP contribution in [-0.2, 0) is 30.8 Å². The van der Waals surface area contributed by atoms with Crippen LogP contribution in [0.1, 0.15) is 58.2 Å². The van der Waals surface area contributed by atoms with E-state index in [9.17, 15) is 24.4 Å². The molecule has 1 atom stereocenters. The molecule has 0 fully saturated rings. The molecule has 0 aliphatic rings. The van der Waals surface area contributed by atoms with E-state index in [1.54, 1.807) is 0 Å². The van der Waals surface area contributed by atoms with Gasteiger partial charge in [-0.05, 0) is 16.4 Å². The van der Waals surface area contributed by atoms with Gasteiger partial charge in [0.05, 0.1) is 25.2 Å². The molecular weight excluding hydrogens is 523 g/mol. The maximum absolute atomic E-state index is 9.63. The number of phosphoric acid groups is 2. The van der Waals surface area contributed by atoms with Gasteiger partial charge in [-0.15, -0.1) is 0 Å². The van der Waals surface area contributed by atoms with Crippen molar-refractivity contribution in [2.45, 2.75) is 58.9 Å². The summed E-state index contributed by atoms with van der Waals surface area (Å²) in [6.07, 6.45) is 0. The van der Waals surface area contributed by atoms with E-state index in [0.717, 1.165) is 22.4 Å². The summed E-state index contributed by atoms with van der Waals surface area (Å²) in [6, 6.07) is 4.12. The Morgan fingerprint density at radius 1 is 0.800 bits per heavy atom. The molecule has 12 nitrogen and oxygen atoms in total. The number of aliphatic hydroxyl groups excluding tert-OH is 3.